The van der Waals surface area contributed by atoms with Gasteiger partial charge in [-0.3, -0.25) is 9.17 Å². The first-order chi connectivity index (χ1) is 18.5. The predicted octanol–water partition coefficient (Wildman–Crippen LogP) is 6.29. The van der Waals surface area contributed by atoms with Gasteiger partial charge in [0.2, 0.25) is 0 Å². The molecule has 3 aromatic carbocycles. The number of hydrogen-bond acceptors (Lipinski definition) is 4. The summed E-state index contributed by atoms with van der Waals surface area (Å²) < 4.78 is 34.6. The van der Waals surface area contributed by atoms with Crippen LogP contribution in [0.5, 0.6) is 0 Å². The molecule has 3 aliphatic rings. The molecule has 1 aromatic heterocycles. The molecule has 4 aromatic rings. The third-order valence-corrected chi connectivity index (χ3v) is 9.93. The maximum atomic E-state index is 13.7. The monoisotopic (exact) mass is 525 g/mol. The number of nitrogens with zero attached hydrogens (tertiary/aromatic N) is 2. The molecule has 6 heteroatoms. The summed E-state index contributed by atoms with van der Waals surface area (Å²) in [5.41, 5.74) is 2.98. The van der Waals surface area contributed by atoms with Crippen LogP contribution < -0.4 is 0 Å². The van der Waals surface area contributed by atoms with Gasteiger partial charge in [0.1, 0.15) is 12.6 Å². The lowest BCUT2D eigenvalue weighted by Gasteiger charge is -2.58. The minimum absolute atomic E-state index is 0.0329. The molecule has 4 heterocycles. The van der Waals surface area contributed by atoms with Crippen molar-refractivity contribution >= 4 is 21.0 Å². The first-order valence-electron chi connectivity index (χ1n) is 13.3. The summed E-state index contributed by atoms with van der Waals surface area (Å²) >= 11 is 0. The molecule has 3 aliphatic heterocycles. The number of benzene rings is 3. The van der Waals surface area contributed by atoms with Crippen LogP contribution in [-0.4, -0.2) is 37.0 Å². The van der Waals surface area contributed by atoms with E-state index in [1.165, 1.54) is 5.56 Å². The molecule has 38 heavy (non-hydrogen) atoms. The number of aromatic nitrogens is 1. The summed E-state index contributed by atoms with van der Waals surface area (Å²) in [6.07, 6.45) is 5.22. The quantitative estimate of drug-likeness (QED) is 0.154. The molecule has 0 N–H and O–H groups in total. The van der Waals surface area contributed by atoms with Crippen molar-refractivity contribution in [1.82, 2.24) is 4.98 Å². The third-order valence-electron chi connectivity index (χ3n) is 8.62. The Labute approximate surface area is 225 Å². The summed E-state index contributed by atoms with van der Waals surface area (Å²) in [4.78, 5) is 4.74. The van der Waals surface area contributed by atoms with E-state index in [-0.39, 0.29) is 10.9 Å². The van der Waals surface area contributed by atoms with Crippen LogP contribution in [-0.2, 0) is 20.8 Å². The van der Waals surface area contributed by atoms with E-state index in [1.807, 2.05) is 42.5 Å². The molecule has 0 amide bonds. The van der Waals surface area contributed by atoms with E-state index in [2.05, 4.69) is 41.9 Å². The first kappa shape index (κ1) is 25.0. The van der Waals surface area contributed by atoms with Crippen LogP contribution in [0, 0.1) is 11.8 Å². The zero-order valence-electron chi connectivity index (χ0n) is 21.4. The smallest absolute Gasteiger partial charge is 0.297 e. The molecular formula is C32H33N2O3S+. The van der Waals surface area contributed by atoms with Crippen molar-refractivity contribution in [2.75, 3.05) is 13.1 Å². The highest BCUT2D eigenvalue weighted by Crippen LogP contribution is 2.49. The van der Waals surface area contributed by atoms with E-state index in [4.69, 9.17) is 4.18 Å². The minimum Gasteiger partial charge on any atom is -0.314 e. The zero-order chi connectivity index (χ0) is 26.2. The van der Waals surface area contributed by atoms with E-state index in [1.54, 1.807) is 30.5 Å². The molecule has 5 nitrogen and oxygen atoms in total. The highest BCUT2D eigenvalue weighted by Gasteiger charge is 2.55. The van der Waals surface area contributed by atoms with Gasteiger partial charge in [0, 0.05) is 35.9 Å². The second-order valence-corrected chi connectivity index (χ2v) is 12.3. The minimum atomic E-state index is -4.01. The Morgan fingerprint density at radius 1 is 0.974 bits per heavy atom. The van der Waals surface area contributed by atoms with Gasteiger partial charge in [-0.15, -0.1) is 6.58 Å². The highest BCUT2D eigenvalue weighted by atomic mass is 32.2. The van der Waals surface area contributed by atoms with Crippen LogP contribution in [0.4, 0.5) is 0 Å². The Morgan fingerprint density at radius 3 is 2.45 bits per heavy atom. The number of fused-ring (bicyclic) bond motifs is 4. The molecule has 7 rings (SSSR count). The fourth-order valence-electron chi connectivity index (χ4n) is 6.78. The molecule has 5 atom stereocenters. The largest absolute Gasteiger partial charge is 0.314 e. The van der Waals surface area contributed by atoms with Crippen molar-refractivity contribution < 1.29 is 17.1 Å². The SMILES string of the molecule is C=C[C@H]1C[N+]2(Cc3ccccc3)CC[C@H]1C[C@H]2[C@H](OS(=O)(=O)c1ccccc1)c1ccnc2ccccc12. The summed E-state index contributed by atoms with van der Waals surface area (Å²) in [5.74, 6) is 0.871. The Bertz CT molecular complexity index is 1540. The Morgan fingerprint density at radius 2 is 1.68 bits per heavy atom. The van der Waals surface area contributed by atoms with Gasteiger partial charge in [0.25, 0.3) is 10.1 Å². The van der Waals surface area contributed by atoms with Crippen molar-refractivity contribution in [2.45, 2.75) is 36.4 Å². The van der Waals surface area contributed by atoms with Gasteiger partial charge in [-0.1, -0.05) is 72.8 Å². The molecule has 1 unspecified atom stereocenters. The first-order valence-corrected chi connectivity index (χ1v) is 14.7. The van der Waals surface area contributed by atoms with Crippen molar-refractivity contribution in [1.29, 1.82) is 0 Å². The third kappa shape index (κ3) is 4.57. The fraction of sp³-hybridized carbons (Fsp3) is 0.281. The summed E-state index contributed by atoms with van der Waals surface area (Å²) in [5, 5.41) is 0.934. The van der Waals surface area contributed by atoms with Crippen molar-refractivity contribution in [3.8, 4) is 0 Å². The van der Waals surface area contributed by atoms with E-state index < -0.39 is 16.2 Å². The lowest BCUT2D eigenvalue weighted by Crippen LogP contribution is -2.67. The van der Waals surface area contributed by atoms with Crippen LogP contribution in [0.2, 0.25) is 0 Å². The predicted molar refractivity (Wildman–Crippen MR) is 150 cm³/mol. The summed E-state index contributed by atoms with van der Waals surface area (Å²) in [6.45, 7) is 6.92. The van der Waals surface area contributed by atoms with Crippen LogP contribution in [0.25, 0.3) is 10.9 Å². The van der Waals surface area contributed by atoms with Gasteiger partial charge < -0.3 is 4.48 Å². The molecule has 0 aliphatic carbocycles. The lowest BCUT2D eigenvalue weighted by molar-refractivity contribution is -0.984. The topological polar surface area (TPSA) is 56.3 Å². The number of rotatable bonds is 8. The lowest BCUT2D eigenvalue weighted by atomic mass is 9.71. The Hall–Kier alpha value is -3.32. The van der Waals surface area contributed by atoms with Gasteiger partial charge in [-0.2, -0.15) is 8.42 Å². The van der Waals surface area contributed by atoms with Gasteiger partial charge >= 0.3 is 0 Å². The molecule has 0 saturated carbocycles. The number of piperidine rings is 3. The molecule has 194 valence electrons. The maximum absolute atomic E-state index is 13.7. The molecular weight excluding hydrogens is 492 g/mol. The van der Waals surface area contributed by atoms with E-state index >= 15 is 0 Å². The Balaban J connectivity index is 1.50. The second kappa shape index (κ2) is 10.1. The maximum Gasteiger partial charge on any atom is 0.297 e. The van der Waals surface area contributed by atoms with E-state index in [9.17, 15) is 8.42 Å². The van der Waals surface area contributed by atoms with E-state index in [0.29, 0.717) is 11.8 Å². The standard InChI is InChI=1S/C32H33N2O3S/c1-2-25-23-34(22-24-11-5-3-6-12-24)20-18-26(25)21-31(34)32(37-38(35,36)27-13-7-4-8-14-27)29-17-19-33-30-16-10-9-15-28(29)30/h2-17,19,25-26,31-32H,1,18,20-23H2/q+1/t25-,26-,31-,32+,34?/m0/s1. The molecule has 3 saturated heterocycles. The van der Waals surface area contributed by atoms with Gasteiger partial charge in [-0.05, 0) is 35.7 Å². The molecule has 0 radical (unpaired) electrons. The fourth-order valence-corrected chi connectivity index (χ4v) is 7.89. The second-order valence-electron chi connectivity index (χ2n) is 10.7. The van der Waals surface area contributed by atoms with Gasteiger partial charge in [0.05, 0.1) is 23.5 Å². The normalized spacial score (nSPS) is 25.7. The average molecular weight is 526 g/mol. The number of para-hydroxylation sites is 1. The number of hydrogen-bond donors (Lipinski definition) is 0. The summed E-state index contributed by atoms with van der Waals surface area (Å²) in [6, 6.07) is 28.9. The average Bonchev–Trinajstić information content (AvgIpc) is 2.96. The zero-order valence-corrected chi connectivity index (χ0v) is 22.2. The van der Waals surface area contributed by atoms with Crippen LogP contribution in [0.15, 0.2) is 115 Å². The van der Waals surface area contributed by atoms with Crippen LogP contribution in [0.1, 0.15) is 30.1 Å². The number of quaternary nitrogens is 1. The van der Waals surface area contributed by atoms with Crippen LogP contribution in [0.3, 0.4) is 0 Å². The van der Waals surface area contributed by atoms with Crippen LogP contribution >= 0.6 is 0 Å². The van der Waals surface area contributed by atoms with Gasteiger partial charge in [-0.25, -0.2) is 0 Å². The van der Waals surface area contributed by atoms with Crippen molar-refractivity contribution in [2.24, 2.45) is 11.8 Å². The highest BCUT2D eigenvalue weighted by molar-refractivity contribution is 7.86. The van der Waals surface area contributed by atoms with Crippen molar-refractivity contribution in [3.63, 3.8) is 0 Å². The molecule has 2 bridgehead atoms. The number of pyridine rings is 1. The summed E-state index contributed by atoms with van der Waals surface area (Å²) in [7, 11) is -4.01. The molecule has 3 fully saturated rings. The van der Waals surface area contributed by atoms with Crippen molar-refractivity contribution in [3.05, 3.63) is 121 Å². The Kier molecular flexibility index (Phi) is 6.64. The van der Waals surface area contributed by atoms with E-state index in [0.717, 1.165) is 53.4 Å². The molecule has 0 spiro atoms. The van der Waals surface area contributed by atoms with Gasteiger partial charge in [0.15, 0.2) is 6.10 Å².